The monoisotopic (exact) mass is 174 g/mol. The molecule has 0 spiro atoms. The van der Waals surface area contributed by atoms with Crippen LogP contribution in [-0.2, 0) is 9.47 Å². The SMILES string of the molecule is COCN1CCN(COC)CC1. The van der Waals surface area contributed by atoms with Gasteiger partial charge in [0.05, 0.1) is 13.5 Å². The normalized spacial score (nSPS) is 21.5. The molecule has 0 N–H and O–H groups in total. The van der Waals surface area contributed by atoms with E-state index in [9.17, 15) is 0 Å². The predicted octanol–water partition coefficient (Wildman–Crippen LogP) is -0.188. The van der Waals surface area contributed by atoms with Gasteiger partial charge in [0, 0.05) is 40.4 Å². The second kappa shape index (κ2) is 5.48. The van der Waals surface area contributed by atoms with Crippen molar-refractivity contribution in [3.63, 3.8) is 0 Å². The van der Waals surface area contributed by atoms with Crippen LogP contribution in [0.4, 0.5) is 0 Å². The van der Waals surface area contributed by atoms with Crippen molar-refractivity contribution in [2.45, 2.75) is 0 Å². The molecule has 72 valence electrons. The zero-order valence-corrected chi connectivity index (χ0v) is 7.95. The van der Waals surface area contributed by atoms with Crippen molar-refractivity contribution in [3.05, 3.63) is 0 Å². The van der Waals surface area contributed by atoms with E-state index < -0.39 is 0 Å². The molecule has 0 aromatic rings. The molecule has 1 fully saturated rings. The van der Waals surface area contributed by atoms with Crippen LogP contribution < -0.4 is 0 Å². The number of hydrogen-bond donors (Lipinski definition) is 0. The van der Waals surface area contributed by atoms with Crippen molar-refractivity contribution in [1.29, 1.82) is 0 Å². The van der Waals surface area contributed by atoms with Gasteiger partial charge in [-0.1, -0.05) is 0 Å². The highest BCUT2D eigenvalue weighted by Gasteiger charge is 2.15. The molecule has 1 aliphatic heterocycles. The number of nitrogens with zero attached hydrogens (tertiary/aromatic N) is 2. The summed E-state index contributed by atoms with van der Waals surface area (Å²) in [5.41, 5.74) is 0. The molecule has 0 bridgehead atoms. The first-order valence-electron chi connectivity index (χ1n) is 4.29. The summed E-state index contributed by atoms with van der Waals surface area (Å²) in [6.07, 6.45) is 0. The lowest BCUT2D eigenvalue weighted by atomic mass is 10.3. The lowest BCUT2D eigenvalue weighted by Crippen LogP contribution is -2.47. The Morgan fingerprint density at radius 2 is 1.17 bits per heavy atom. The standard InChI is InChI=1S/C8H18N2O2/c1-11-7-9-3-5-10(6-4-9)8-12-2/h3-8H2,1-2H3. The maximum atomic E-state index is 5.05. The number of ether oxygens (including phenoxy) is 2. The Bertz CT molecular complexity index is 99.6. The molecule has 1 heterocycles. The summed E-state index contributed by atoms with van der Waals surface area (Å²) in [5, 5.41) is 0. The van der Waals surface area contributed by atoms with E-state index in [1.54, 1.807) is 14.2 Å². The number of hydrogen-bond acceptors (Lipinski definition) is 4. The van der Waals surface area contributed by atoms with Crippen LogP contribution in [0.25, 0.3) is 0 Å². The lowest BCUT2D eigenvalue weighted by Gasteiger charge is -2.33. The zero-order valence-electron chi connectivity index (χ0n) is 7.95. The fraction of sp³-hybridized carbons (Fsp3) is 1.00. The van der Waals surface area contributed by atoms with Crippen LogP contribution in [-0.4, -0.2) is 63.7 Å². The third kappa shape index (κ3) is 3.06. The summed E-state index contributed by atoms with van der Waals surface area (Å²) >= 11 is 0. The maximum Gasteiger partial charge on any atom is 0.0987 e. The average Bonchev–Trinajstić information content (AvgIpc) is 2.09. The van der Waals surface area contributed by atoms with Gasteiger partial charge in [-0.3, -0.25) is 9.80 Å². The zero-order chi connectivity index (χ0) is 8.81. The molecule has 0 aromatic carbocycles. The smallest absolute Gasteiger partial charge is 0.0987 e. The molecule has 0 radical (unpaired) electrons. The van der Waals surface area contributed by atoms with E-state index in [1.807, 2.05) is 0 Å². The van der Waals surface area contributed by atoms with E-state index in [0.717, 1.165) is 39.6 Å². The first-order valence-corrected chi connectivity index (χ1v) is 4.29. The molecule has 1 aliphatic rings. The molecule has 4 heteroatoms. The molecule has 1 rings (SSSR count). The van der Waals surface area contributed by atoms with Crippen LogP contribution in [0.5, 0.6) is 0 Å². The van der Waals surface area contributed by atoms with E-state index in [0.29, 0.717) is 0 Å². The molecule has 0 aromatic heterocycles. The summed E-state index contributed by atoms with van der Waals surface area (Å²) < 4.78 is 10.1. The van der Waals surface area contributed by atoms with Crippen LogP contribution in [0.2, 0.25) is 0 Å². The summed E-state index contributed by atoms with van der Waals surface area (Å²) in [4.78, 5) is 4.60. The predicted molar refractivity (Wildman–Crippen MR) is 46.9 cm³/mol. The topological polar surface area (TPSA) is 24.9 Å². The fourth-order valence-electron chi connectivity index (χ4n) is 1.41. The van der Waals surface area contributed by atoms with Gasteiger partial charge < -0.3 is 9.47 Å². The van der Waals surface area contributed by atoms with Crippen LogP contribution in [0.1, 0.15) is 0 Å². The average molecular weight is 174 g/mol. The Balaban J connectivity index is 2.11. The number of rotatable bonds is 4. The Morgan fingerprint density at radius 1 is 0.833 bits per heavy atom. The molecule has 0 aliphatic carbocycles. The van der Waals surface area contributed by atoms with Gasteiger partial charge in [-0.05, 0) is 0 Å². The molecule has 1 saturated heterocycles. The summed E-state index contributed by atoms with van der Waals surface area (Å²) in [5.74, 6) is 0. The molecular weight excluding hydrogens is 156 g/mol. The van der Waals surface area contributed by atoms with Crippen molar-refractivity contribution in [2.75, 3.05) is 53.9 Å². The van der Waals surface area contributed by atoms with Crippen molar-refractivity contribution in [2.24, 2.45) is 0 Å². The van der Waals surface area contributed by atoms with E-state index in [-0.39, 0.29) is 0 Å². The highest BCUT2D eigenvalue weighted by atomic mass is 16.5. The Labute approximate surface area is 74.0 Å². The van der Waals surface area contributed by atoms with E-state index in [4.69, 9.17) is 9.47 Å². The molecule has 0 saturated carbocycles. The van der Waals surface area contributed by atoms with Crippen molar-refractivity contribution < 1.29 is 9.47 Å². The molecule has 4 nitrogen and oxygen atoms in total. The number of piperazine rings is 1. The van der Waals surface area contributed by atoms with Crippen LogP contribution in [0, 0.1) is 0 Å². The summed E-state index contributed by atoms with van der Waals surface area (Å²) in [7, 11) is 3.48. The van der Waals surface area contributed by atoms with Gasteiger partial charge in [0.2, 0.25) is 0 Å². The lowest BCUT2D eigenvalue weighted by molar-refractivity contribution is -0.00910. The van der Waals surface area contributed by atoms with Gasteiger partial charge >= 0.3 is 0 Å². The van der Waals surface area contributed by atoms with E-state index in [1.165, 1.54) is 0 Å². The minimum atomic E-state index is 0.751. The second-order valence-corrected chi connectivity index (χ2v) is 3.07. The summed E-state index contributed by atoms with van der Waals surface area (Å²) in [6.45, 7) is 5.82. The second-order valence-electron chi connectivity index (χ2n) is 3.07. The largest absolute Gasteiger partial charge is 0.369 e. The fourth-order valence-corrected chi connectivity index (χ4v) is 1.41. The summed E-state index contributed by atoms with van der Waals surface area (Å²) in [6, 6.07) is 0. The maximum absolute atomic E-state index is 5.05. The van der Waals surface area contributed by atoms with Gasteiger partial charge in [-0.25, -0.2) is 0 Å². The van der Waals surface area contributed by atoms with Gasteiger partial charge in [0.1, 0.15) is 0 Å². The first kappa shape index (κ1) is 9.92. The van der Waals surface area contributed by atoms with Crippen molar-refractivity contribution in [1.82, 2.24) is 9.80 Å². The minimum Gasteiger partial charge on any atom is -0.369 e. The molecule has 12 heavy (non-hydrogen) atoms. The Morgan fingerprint density at radius 3 is 1.42 bits per heavy atom. The van der Waals surface area contributed by atoms with Crippen molar-refractivity contribution in [3.8, 4) is 0 Å². The van der Waals surface area contributed by atoms with E-state index >= 15 is 0 Å². The highest BCUT2D eigenvalue weighted by Crippen LogP contribution is 2.00. The quantitative estimate of drug-likeness (QED) is 0.590. The minimum absolute atomic E-state index is 0.751. The third-order valence-corrected chi connectivity index (χ3v) is 2.09. The highest BCUT2D eigenvalue weighted by molar-refractivity contribution is 4.67. The van der Waals surface area contributed by atoms with Gasteiger partial charge in [-0.15, -0.1) is 0 Å². The molecule has 0 unspecified atom stereocenters. The molecule has 0 atom stereocenters. The van der Waals surface area contributed by atoms with Crippen molar-refractivity contribution >= 4 is 0 Å². The van der Waals surface area contributed by atoms with Gasteiger partial charge in [-0.2, -0.15) is 0 Å². The number of methoxy groups -OCH3 is 2. The first-order chi connectivity index (χ1) is 5.86. The Kier molecular flexibility index (Phi) is 4.53. The Hall–Kier alpha value is -0.160. The van der Waals surface area contributed by atoms with E-state index in [2.05, 4.69) is 9.80 Å². The van der Waals surface area contributed by atoms with Crippen LogP contribution in [0.15, 0.2) is 0 Å². The third-order valence-electron chi connectivity index (χ3n) is 2.09. The van der Waals surface area contributed by atoms with Crippen LogP contribution in [0.3, 0.4) is 0 Å². The van der Waals surface area contributed by atoms with Gasteiger partial charge in [0.15, 0.2) is 0 Å². The van der Waals surface area contributed by atoms with Gasteiger partial charge in [0.25, 0.3) is 0 Å². The van der Waals surface area contributed by atoms with Crippen LogP contribution >= 0.6 is 0 Å². The molecule has 0 amide bonds. The molecular formula is C8H18N2O2.